The van der Waals surface area contributed by atoms with Crippen LogP contribution in [-0.2, 0) is 4.74 Å². The van der Waals surface area contributed by atoms with Gasteiger partial charge < -0.3 is 14.2 Å². The number of aryl methyl sites for hydroxylation is 1. The van der Waals surface area contributed by atoms with E-state index in [1.807, 2.05) is 0 Å². The summed E-state index contributed by atoms with van der Waals surface area (Å²) in [6.45, 7) is 2.49. The number of alkyl halides is 2. The fraction of sp³-hybridized carbons (Fsp3) is 0.462. The van der Waals surface area contributed by atoms with E-state index in [-0.39, 0.29) is 23.6 Å². The van der Waals surface area contributed by atoms with Gasteiger partial charge in [0.25, 0.3) is 12.3 Å². The van der Waals surface area contributed by atoms with Crippen LogP contribution in [0.15, 0.2) is 16.0 Å². The summed E-state index contributed by atoms with van der Waals surface area (Å²) in [5.74, 6) is 0.333. The molecule has 3 heterocycles. The Morgan fingerprint density at radius 3 is 3.05 bits per heavy atom. The van der Waals surface area contributed by atoms with Gasteiger partial charge in [-0.2, -0.15) is 4.98 Å². The normalized spacial score (nSPS) is 18.9. The van der Waals surface area contributed by atoms with Crippen molar-refractivity contribution in [2.45, 2.75) is 19.5 Å². The summed E-state index contributed by atoms with van der Waals surface area (Å²) in [7, 11) is 0. The molecular formula is C13H13F2N3O3S. The molecule has 22 heavy (non-hydrogen) atoms. The van der Waals surface area contributed by atoms with Gasteiger partial charge in [-0.25, -0.2) is 8.78 Å². The van der Waals surface area contributed by atoms with E-state index in [0.717, 1.165) is 11.3 Å². The van der Waals surface area contributed by atoms with E-state index in [4.69, 9.17) is 9.26 Å². The Bertz CT molecular complexity index is 673. The molecule has 1 unspecified atom stereocenters. The quantitative estimate of drug-likeness (QED) is 0.866. The van der Waals surface area contributed by atoms with E-state index >= 15 is 0 Å². The van der Waals surface area contributed by atoms with Crippen molar-refractivity contribution in [3.05, 3.63) is 33.6 Å². The Morgan fingerprint density at radius 1 is 1.55 bits per heavy atom. The van der Waals surface area contributed by atoms with Crippen molar-refractivity contribution in [1.82, 2.24) is 15.0 Å². The molecule has 1 aliphatic heterocycles. The van der Waals surface area contributed by atoms with Gasteiger partial charge in [-0.1, -0.05) is 5.16 Å². The average molecular weight is 329 g/mol. The highest BCUT2D eigenvalue weighted by Gasteiger charge is 2.31. The molecule has 3 rings (SSSR count). The van der Waals surface area contributed by atoms with Crippen molar-refractivity contribution >= 4 is 17.2 Å². The molecule has 0 spiro atoms. The Kier molecular flexibility index (Phi) is 4.16. The second-order valence-electron chi connectivity index (χ2n) is 4.78. The van der Waals surface area contributed by atoms with Crippen LogP contribution in [0.3, 0.4) is 0 Å². The zero-order valence-electron chi connectivity index (χ0n) is 11.7. The number of hydrogen-bond donors (Lipinski definition) is 0. The highest BCUT2D eigenvalue weighted by molar-refractivity contribution is 7.10. The SMILES string of the molecule is Cc1nc(C2CN(C(=O)c3ccsc3C(F)F)CCO2)no1. The monoisotopic (exact) mass is 329 g/mol. The molecule has 1 fully saturated rings. The van der Waals surface area contributed by atoms with E-state index < -0.39 is 18.4 Å². The first-order valence-electron chi connectivity index (χ1n) is 6.63. The van der Waals surface area contributed by atoms with Gasteiger partial charge in [-0.15, -0.1) is 11.3 Å². The minimum Gasteiger partial charge on any atom is -0.366 e. The zero-order valence-corrected chi connectivity index (χ0v) is 12.5. The van der Waals surface area contributed by atoms with E-state index in [2.05, 4.69) is 10.1 Å². The number of carbonyl (C=O) groups excluding carboxylic acids is 1. The van der Waals surface area contributed by atoms with Gasteiger partial charge in [-0.05, 0) is 11.4 Å². The molecule has 0 aliphatic carbocycles. The standard InChI is InChI=1S/C13H13F2N3O3S/c1-7-16-12(17-21-7)9-6-18(3-4-20-9)13(19)8-2-5-22-10(8)11(14)15/h2,5,9,11H,3-4,6H2,1H3. The number of morpholine rings is 1. The first-order chi connectivity index (χ1) is 10.6. The summed E-state index contributed by atoms with van der Waals surface area (Å²) in [5.41, 5.74) is 0.0462. The van der Waals surface area contributed by atoms with Crippen molar-refractivity contribution < 1.29 is 22.8 Å². The summed E-state index contributed by atoms with van der Waals surface area (Å²) in [6.07, 6.45) is -3.17. The van der Waals surface area contributed by atoms with Crippen LogP contribution in [0.4, 0.5) is 8.78 Å². The lowest BCUT2D eigenvalue weighted by Gasteiger charge is -2.31. The molecule has 0 aromatic carbocycles. The van der Waals surface area contributed by atoms with Gasteiger partial charge in [0.15, 0.2) is 0 Å². The number of thiophene rings is 1. The number of rotatable bonds is 3. The summed E-state index contributed by atoms with van der Waals surface area (Å²) in [6, 6.07) is 1.43. The van der Waals surface area contributed by atoms with Crippen LogP contribution in [0.1, 0.15) is 39.5 Å². The molecule has 2 aromatic heterocycles. The van der Waals surface area contributed by atoms with Crippen molar-refractivity contribution in [2.24, 2.45) is 0 Å². The van der Waals surface area contributed by atoms with Crippen molar-refractivity contribution in [3.8, 4) is 0 Å². The third-order valence-corrected chi connectivity index (χ3v) is 4.23. The van der Waals surface area contributed by atoms with Crippen molar-refractivity contribution in [3.63, 3.8) is 0 Å². The van der Waals surface area contributed by atoms with Crippen LogP contribution in [0.25, 0.3) is 0 Å². The van der Waals surface area contributed by atoms with E-state index in [0.29, 0.717) is 18.3 Å². The topological polar surface area (TPSA) is 68.5 Å². The second kappa shape index (κ2) is 6.09. The van der Waals surface area contributed by atoms with Gasteiger partial charge >= 0.3 is 0 Å². The first kappa shape index (κ1) is 15.0. The average Bonchev–Trinajstić information content (AvgIpc) is 3.15. The fourth-order valence-corrected chi connectivity index (χ4v) is 3.01. The largest absolute Gasteiger partial charge is 0.366 e. The number of ether oxygens (including phenoxy) is 1. The fourth-order valence-electron chi connectivity index (χ4n) is 2.27. The summed E-state index contributed by atoms with van der Waals surface area (Å²) >= 11 is 0.882. The van der Waals surface area contributed by atoms with Gasteiger partial charge in [0.2, 0.25) is 11.7 Å². The van der Waals surface area contributed by atoms with Gasteiger partial charge in [-0.3, -0.25) is 4.79 Å². The number of carbonyl (C=O) groups is 1. The highest BCUT2D eigenvalue weighted by Crippen LogP contribution is 2.30. The van der Waals surface area contributed by atoms with Gasteiger partial charge in [0.05, 0.1) is 23.6 Å². The minimum absolute atomic E-state index is 0.0462. The number of amides is 1. The molecule has 6 nitrogen and oxygen atoms in total. The molecule has 1 atom stereocenters. The van der Waals surface area contributed by atoms with Gasteiger partial charge in [0, 0.05) is 13.5 Å². The number of halogens is 2. The predicted molar refractivity (Wildman–Crippen MR) is 72.9 cm³/mol. The summed E-state index contributed by atoms with van der Waals surface area (Å²) < 4.78 is 36.3. The smallest absolute Gasteiger partial charge is 0.273 e. The maximum Gasteiger partial charge on any atom is 0.273 e. The molecule has 0 radical (unpaired) electrons. The molecular weight excluding hydrogens is 316 g/mol. The van der Waals surface area contributed by atoms with E-state index in [1.165, 1.54) is 16.3 Å². The molecule has 0 N–H and O–H groups in total. The molecule has 118 valence electrons. The molecule has 1 saturated heterocycles. The van der Waals surface area contributed by atoms with Crippen LogP contribution >= 0.6 is 11.3 Å². The maximum atomic E-state index is 12.9. The van der Waals surface area contributed by atoms with Gasteiger partial charge in [0.1, 0.15) is 6.10 Å². The van der Waals surface area contributed by atoms with Crippen LogP contribution in [0.5, 0.6) is 0 Å². The lowest BCUT2D eigenvalue weighted by atomic mass is 10.2. The summed E-state index contributed by atoms with van der Waals surface area (Å²) in [5, 5.41) is 5.27. The summed E-state index contributed by atoms with van der Waals surface area (Å²) in [4.78, 5) is 17.8. The van der Waals surface area contributed by atoms with Crippen molar-refractivity contribution in [1.29, 1.82) is 0 Å². The van der Waals surface area contributed by atoms with Crippen LogP contribution < -0.4 is 0 Å². The molecule has 9 heteroatoms. The number of nitrogens with zero attached hydrogens (tertiary/aromatic N) is 3. The lowest BCUT2D eigenvalue weighted by Crippen LogP contribution is -2.42. The zero-order chi connectivity index (χ0) is 15.7. The third-order valence-electron chi connectivity index (χ3n) is 3.31. The maximum absolute atomic E-state index is 12.9. The van der Waals surface area contributed by atoms with Crippen LogP contribution in [-0.4, -0.2) is 40.6 Å². The molecule has 2 aromatic rings. The molecule has 0 bridgehead atoms. The second-order valence-corrected chi connectivity index (χ2v) is 5.73. The predicted octanol–water partition coefficient (Wildman–Crippen LogP) is 2.59. The lowest BCUT2D eigenvalue weighted by molar-refractivity contribution is -0.0277. The third kappa shape index (κ3) is 2.86. The van der Waals surface area contributed by atoms with Crippen LogP contribution in [0.2, 0.25) is 0 Å². The Balaban J connectivity index is 1.77. The Hall–Kier alpha value is -1.87. The minimum atomic E-state index is -2.66. The van der Waals surface area contributed by atoms with Crippen LogP contribution in [0, 0.1) is 6.92 Å². The Morgan fingerprint density at radius 2 is 2.36 bits per heavy atom. The van der Waals surface area contributed by atoms with E-state index in [9.17, 15) is 13.6 Å². The Labute approximate surface area is 128 Å². The number of hydrogen-bond acceptors (Lipinski definition) is 6. The molecule has 0 saturated carbocycles. The van der Waals surface area contributed by atoms with E-state index in [1.54, 1.807) is 6.92 Å². The molecule has 1 amide bonds. The van der Waals surface area contributed by atoms with Crippen molar-refractivity contribution in [2.75, 3.05) is 19.7 Å². The number of aromatic nitrogens is 2. The molecule has 1 aliphatic rings. The highest BCUT2D eigenvalue weighted by atomic mass is 32.1. The first-order valence-corrected chi connectivity index (χ1v) is 7.51.